The molecule has 1 saturated heterocycles. The molecule has 7 nitrogen and oxygen atoms in total. The largest absolute Gasteiger partial charge is 0.377 e. The van der Waals surface area contributed by atoms with Crippen molar-refractivity contribution in [2.75, 3.05) is 30.9 Å². The van der Waals surface area contributed by atoms with Crippen molar-refractivity contribution in [3.8, 4) is 22.5 Å². The highest BCUT2D eigenvalue weighted by atomic mass is 32.2. The third-order valence-corrected chi connectivity index (χ3v) is 6.63. The van der Waals surface area contributed by atoms with Gasteiger partial charge in [0, 0.05) is 29.2 Å². The summed E-state index contributed by atoms with van der Waals surface area (Å²) in [6.45, 7) is 4.34. The number of pyridine rings is 2. The molecule has 0 saturated carbocycles. The van der Waals surface area contributed by atoms with Gasteiger partial charge >= 0.3 is 0 Å². The van der Waals surface area contributed by atoms with Crippen molar-refractivity contribution in [1.29, 1.82) is 4.78 Å². The Labute approximate surface area is 183 Å². The zero-order chi connectivity index (χ0) is 21.4. The minimum Gasteiger partial charge on any atom is -0.377 e. The number of benzene rings is 1. The van der Waals surface area contributed by atoms with Crippen molar-refractivity contribution in [2.45, 2.75) is 17.9 Å². The molecule has 1 fully saturated rings. The molecule has 4 heterocycles. The number of anilines is 1. The molecule has 1 aliphatic heterocycles. The fourth-order valence-electron chi connectivity index (χ4n) is 4.02. The van der Waals surface area contributed by atoms with E-state index in [4.69, 9.17) is 14.5 Å². The average Bonchev–Trinajstić information content (AvgIpc) is 3.33. The number of nitrogens with zero attached hydrogens (tertiary/aromatic N) is 4. The standard InChI is InChI=1S/C23H24N6OS/c1-15-14-30-12-11-29(15)21-13-19(16-3-5-17(6-4-16)31(2)24)18-7-9-25-23(22(18)27-21)20-8-10-26-28-20/h3-10,13,15,24H,11-12,14H2,1-2H3,(H,26,28). The van der Waals surface area contributed by atoms with Gasteiger partial charge in [0.2, 0.25) is 0 Å². The van der Waals surface area contributed by atoms with E-state index in [9.17, 15) is 0 Å². The lowest BCUT2D eigenvalue weighted by atomic mass is 10.00. The van der Waals surface area contributed by atoms with E-state index < -0.39 is 10.7 Å². The molecule has 1 aliphatic rings. The monoisotopic (exact) mass is 432 g/mol. The molecule has 1 aromatic carbocycles. The molecule has 0 amide bonds. The Kier molecular flexibility index (Phi) is 5.25. The van der Waals surface area contributed by atoms with Gasteiger partial charge in [0.05, 0.1) is 24.9 Å². The fourth-order valence-corrected chi connectivity index (χ4v) is 4.56. The lowest BCUT2D eigenvalue weighted by Crippen LogP contribution is -2.44. The molecule has 8 heteroatoms. The minimum atomic E-state index is -0.513. The molecule has 4 aromatic rings. The van der Waals surface area contributed by atoms with E-state index in [2.05, 4.69) is 45.2 Å². The summed E-state index contributed by atoms with van der Waals surface area (Å²) >= 11 is 0. The highest BCUT2D eigenvalue weighted by Gasteiger charge is 2.23. The van der Waals surface area contributed by atoms with Crippen LogP contribution in [0.2, 0.25) is 0 Å². The van der Waals surface area contributed by atoms with Crippen LogP contribution in [0, 0.1) is 4.78 Å². The average molecular weight is 433 g/mol. The maximum atomic E-state index is 8.00. The second-order valence-electron chi connectivity index (χ2n) is 7.71. The lowest BCUT2D eigenvalue weighted by molar-refractivity contribution is 0.0986. The maximum absolute atomic E-state index is 8.00. The summed E-state index contributed by atoms with van der Waals surface area (Å²) in [4.78, 5) is 13.0. The molecule has 0 spiro atoms. The minimum absolute atomic E-state index is 0.242. The number of hydrogen-bond donors (Lipinski definition) is 2. The van der Waals surface area contributed by atoms with Gasteiger partial charge in [0.15, 0.2) is 0 Å². The van der Waals surface area contributed by atoms with Crippen LogP contribution in [0.4, 0.5) is 5.82 Å². The van der Waals surface area contributed by atoms with Gasteiger partial charge in [0.25, 0.3) is 0 Å². The van der Waals surface area contributed by atoms with Crippen LogP contribution in [0.15, 0.2) is 59.8 Å². The third-order valence-electron chi connectivity index (χ3n) is 5.65. The van der Waals surface area contributed by atoms with Gasteiger partial charge in [-0.15, -0.1) is 0 Å². The molecule has 0 bridgehead atoms. The fraction of sp³-hybridized carbons (Fsp3) is 0.261. The number of fused-ring (bicyclic) bond motifs is 1. The Bertz CT molecular complexity index is 1240. The number of rotatable bonds is 4. The van der Waals surface area contributed by atoms with E-state index in [0.29, 0.717) is 13.2 Å². The normalized spacial score (nSPS) is 17.7. The van der Waals surface area contributed by atoms with Crippen LogP contribution in [0.5, 0.6) is 0 Å². The van der Waals surface area contributed by atoms with Gasteiger partial charge in [-0.2, -0.15) is 5.10 Å². The van der Waals surface area contributed by atoms with E-state index in [0.717, 1.165) is 50.7 Å². The van der Waals surface area contributed by atoms with Crippen molar-refractivity contribution < 1.29 is 4.74 Å². The van der Waals surface area contributed by atoms with Crippen molar-refractivity contribution in [3.63, 3.8) is 0 Å². The first kappa shape index (κ1) is 19.8. The molecule has 31 heavy (non-hydrogen) atoms. The van der Waals surface area contributed by atoms with E-state index in [1.807, 2.05) is 36.7 Å². The Hall–Kier alpha value is -3.10. The zero-order valence-corrected chi connectivity index (χ0v) is 18.3. The van der Waals surface area contributed by atoms with Gasteiger partial charge in [-0.3, -0.25) is 14.9 Å². The van der Waals surface area contributed by atoms with E-state index >= 15 is 0 Å². The first-order chi connectivity index (χ1) is 15.1. The molecule has 0 radical (unpaired) electrons. The molecular formula is C23H24N6OS. The van der Waals surface area contributed by atoms with Gasteiger partial charge in [-0.05, 0) is 54.6 Å². The number of nitrogens with one attached hydrogen (secondary N) is 2. The summed E-state index contributed by atoms with van der Waals surface area (Å²) in [7, 11) is -0.513. The number of aromatic nitrogens is 4. The summed E-state index contributed by atoms with van der Waals surface area (Å²) in [5.74, 6) is 0.923. The molecule has 0 aliphatic carbocycles. The van der Waals surface area contributed by atoms with Gasteiger partial charge in [0.1, 0.15) is 17.0 Å². The van der Waals surface area contributed by atoms with E-state index in [-0.39, 0.29) is 6.04 Å². The summed E-state index contributed by atoms with van der Waals surface area (Å²) in [6.07, 6.45) is 5.46. The molecule has 158 valence electrons. The lowest BCUT2D eigenvalue weighted by Gasteiger charge is -2.34. The smallest absolute Gasteiger partial charge is 0.130 e. The van der Waals surface area contributed by atoms with Crippen LogP contribution in [0.1, 0.15) is 6.92 Å². The Morgan fingerprint density at radius 2 is 2.00 bits per heavy atom. The quantitative estimate of drug-likeness (QED) is 0.502. The highest BCUT2D eigenvalue weighted by molar-refractivity contribution is 7.85. The Morgan fingerprint density at radius 3 is 2.71 bits per heavy atom. The van der Waals surface area contributed by atoms with Crippen LogP contribution in [-0.2, 0) is 15.4 Å². The number of ether oxygens (including phenoxy) is 1. The number of H-pyrrole nitrogens is 1. The third kappa shape index (κ3) is 3.73. The summed E-state index contributed by atoms with van der Waals surface area (Å²) in [5.41, 5.74) is 4.69. The van der Waals surface area contributed by atoms with Crippen molar-refractivity contribution >= 4 is 27.4 Å². The van der Waals surface area contributed by atoms with Gasteiger partial charge in [-0.1, -0.05) is 22.8 Å². The molecule has 2 atom stereocenters. The first-order valence-electron chi connectivity index (χ1n) is 10.2. The van der Waals surface area contributed by atoms with E-state index in [1.54, 1.807) is 6.20 Å². The summed E-state index contributed by atoms with van der Waals surface area (Å²) in [6, 6.07) is 14.6. The SMILES string of the molecule is CC1COCCN1c1cc(-c2ccc(S(C)=N)cc2)c2ccnc(-c3ccn[nH]3)c2n1. The predicted octanol–water partition coefficient (Wildman–Crippen LogP) is 4.28. The van der Waals surface area contributed by atoms with E-state index in [1.165, 1.54) is 0 Å². The second-order valence-corrected chi connectivity index (χ2v) is 9.20. The van der Waals surface area contributed by atoms with Crippen molar-refractivity contribution in [2.24, 2.45) is 0 Å². The molecule has 2 N–H and O–H groups in total. The maximum Gasteiger partial charge on any atom is 0.130 e. The first-order valence-corrected chi connectivity index (χ1v) is 11.9. The number of hydrogen-bond acceptors (Lipinski definition) is 6. The molecule has 3 aromatic heterocycles. The number of morpholine rings is 1. The second kappa shape index (κ2) is 8.20. The Balaban J connectivity index is 1.74. The highest BCUT2D eigenvalue weighted by Crippen LogP contribution is 2.35. The van der Waals surface area contributed by atoms with Crippen molar-refractivity contribution in [1.82, 2.24) is 20.2 Å². The summed E-state index contributed by atoms with van der Waals surface area (Å²) in [5, 5.41) is 8.17. The van der Waals surface area contributed by atoms with Gasteiger partial charge < -0.3 is 9.64 Å². The van der Waals surface area contributed by atoms with Crippen LogP contribution in [0.3, 0.4) is 0 Å². The van der Waals surface area contributed by atoms with Crippen LogP contribution < -0.4 is 4.90 Å². The number of aromatic amines is 1. The zero-order valence-electron chi connectivity index (χ0n) is 17.5. The predicted molar refractivity (Wildman–Crippen MR) is 124 cm³/mol. The van der Waals surface area contributed by atoms with Crippen LogP contribution >= 0.6 is 0 Å². The molecule has 5 rings (SSSR count). The van der Waals surface area contributed by atoms with Crippen LogP contribution in [0.25, 0.3) is 33.4 Å². The molecular weight excluding hydrogens is 408 g/mol. The topological polar surface area (TPSA) is 90.8 Å². The van der Waals surface area contributed by atoms with Gasteiger partial charge in [-0.25, -0.2) is 4.98 Å². The van der Waals surface area contributed by atoms with Crippen molar-refractivity contribution in [3.05, 3.63) is 54.9 Å². The molecule has 2 unspecified atom stereocenters. The summed E-state index contributed by atoms with van der Waals surface area (Å²) < 4.78 is 13.6. The Morgan fingerprint density at radius 1 is 1.16 bits per heavy atom. The van der Waals surface area contributed by atoms with Crippen LogP contribution in [-0.4, -0.2) is 52.2 Å².